The van der Waals surface area contributed by atoms with E-state index in [2.05, 4.69) is 5.32 Å². The van der Waals surface area contributed by atoms with Gasteiger partial charge in [-0.05, 0) is 56.0 Å². The molecule has 0 amide bonds. The Labute approximate surface area is 102 Å². The van der Waals surface area contributed by atoms with Crippen molar-refractivity contribution in [2.24, 2.45) is 5.92 Å². The SMILES string of the molecule is Cc1cc(C(CO)C2CCNCC2)ccc1F. The molecule has 0 saturated carbocycles. The van der Waals surface area contributed by atoms with E-state index in [9.17, 15) is 9.50 Å². The lowest BCUT2D eigenvalue weighted by Gasteiger charge is -2.30. The van der Waals surface area contributed by atoms with Gasteiger partial charge in [-0.15, -0.1) is 0 Å². The molecule has 1 unspecified atom stereocenters. The maximum Gasteiger partial charge on any atom is 0.126 e. The van der Waals surface area contributed by atoms with Crippen LogP contribution in [0.5, 0.6) is 0 Å². The van der Waals surface area contributed by atoms with Gasteiger partial charge in [0, 0.05) is 5.92 Å². The highest BCUT2D eigenvalue weighted by Crippen LogP contribution is 2.31. The molecule has 1 aliphatic rings. The van der Waals surface area contributed by atoms with Gasteiger partial charge in [0.2, 0.25) is 0 Å². The fourth-order valence-corrected chi connectivity index (χ4v) is 2.67. The maximum absolute atomic E-state index is 13.2. The number of halogens is 1. The smallest absolute Gasteiger partial charge is 0.126 e. The second-order valence-electron chi connectivity index (χ2n) is 4.89. The third kappa shape index (κ3) is 2.85. The summed E-state index contributed by atoms with van der Waals surface area (Å²) in [7, 11) is 0. The first-order valence-electron chi connectivity index (χ1n) is 6.30. The fourth-order valence-electron chi connectivity index (χ4n) is 2.67. The molecule has 3 heteroatoms. The van der Waals surface area contributed by atoms with Crippen LogP contribution in [0.15, 0.2) is 18.2 Å². The number of rotatable bonds is 3. The van der Waals surface area contributed by atoms with Gasteiger partial charge in [0.15, 0.2) is 0 Å². The molecule has 2 N–H and O–H groups in total. The van der Waals surface area contributed by atoms with Gasteiger partial charge in [-0.2, -0.15) is 0 Å². The second kappa shape index (κ2) is 5.61. The van der Waals surface area contributed by atoms with Crippen molar-refractivity contribution in [3.8, 4) is 0 Å². The zero-order valence-corrected chi connectivity index (χ0v) is 10.2. The van der Waals surface area contributed by atoms with E-state index >= 15 is 0 Å². The molecule has 2 nitrogen and oxygen atoms in total. The van der Waals surface area contributed by atoms with Crippen LogP contribution in [0, 0.1) is 18.7 Å². The van der Waals surface area contributed by atoms with Gasteiger partial charge in [0.05, 0.1) is 6.61 Å². The molecule has 17 heavy (non-hydrogen) atoms. The summed E-state index contributed by atoms with van der Waals surface area (Å²) in [4.78, 5) is 0. The normalized spacial score (nSPS) is 19.2. The van der Waals surface area contributed by atoms with E-state index in [-0.39, 0.29) is 18.3 Å². The predicted octanol–water partition coefficient (Wildman–Crippen LogP) is 2.21. The highest BCUT2D eigenvalue weighted by atomic mass is 19.1. The monoisotopic (exact) mass is 237 g/mol. The number of benzene rings is 1. The van der Waals surface area contributed by atoms with Gasteiger partial charge in [-0.1, -0.05) is 12.1 Å². The van der Waals surface area contributed by atoms with Gasteiger partial charge < -0.3 is 10.4 Å². The zero-order chi connectivity index (χ0) is 12.3. The second-order valence-corrected chi connectivity index (χ2v) is 4.89. The molecule has 1 fully saturated rings. The highest BCUT2D eigenvalue weighted by Gasteiger charge is 2.24. The maximum atomic E-state index is 13.2. The molecule has 0 spiro atoms. The van der Waals surface area contributed by atoms with E-state index in [1.54, 1.807) is 6.92 Å². The number of aryl methyl sites for hydroxylation is 1. The molecule has 1 atom stereocenters. The third-order valence-corrected chi connectivity index (χ3v) is 3.76. The molecule has 1 aromatic carbocycles. The van der Waals surface area contributed by atoms with Gasteiger partial charge in [0.25, 0.3) is 0 Å². The lowest BCUT2D eigenvalue weighted by molar-refractivity contribution is 0.201. The van der Waals surface area contributed by atoms with Crippen molar-refractivity contribution >= 4 is 0 Å². The summed E-state index contributed by atoms with van der Waals surface area (Å²) in [5, 5.41) is 12.9. The summed E-state index contributed by atoms with van der Waals surface area (Å²) in [5.74, 6) is 0.485. The lowest BCUT2D eigenvalue weighted by atomic mass is 9.80. The standard InChI is InChI=1S/C14H20FNO/c1-10-8-12(2-3-14(10)15)13(9-17)11-4-6-16-7-5-11/h2-3,8,11,13,16-17H,4-7,9H2,1H3. The Hall–Kier alpha value is -0.930. The molecule has 0 radical (unpaired) electrons. The van der Waals surface area contributed by atoms with E-state index in [4.69, 9.17) is 0 Å². The van der Waals surface area contributed by atoms with Gasteiger partial charge in [-0.25, -0.2) is 4.39 Å². The highest BCUT2D eigenvalue weighted by molar-refractivity contribution is 5.27. The van der Waals surface area contributed by atoms with Crippen LogP contribution in [0.1, 0.15) is 29.9 Å². The lowest BCUT2D eigenvalue weighted by Crippen LogP contribution is -2.32. The minimum absolute atomic E-state index is 0.149. The first kappa shape index (κ1) is 12.5. The Balaban J connectivity index is 2.18. The summed E-state index contributed by atoms with van der Waals surface area (Å²) < 4.78 is 13.2. The summed E-state index contributed by atoms with van der Waals surface area (Å²) in [6.45, 7) is 3.95. The van der Waals surface area contributed by atoms with Crippen molar-refractivity contribution in [3.63, 3.8) is 0 Å². The average molecular weight is 237 g/mol. The largest absolute Gasteiger partial charge is 0.396 e. The van der Waals surface area contributed by atoms with E-state index < -0.39 is 0 Å². The van der Waals surface area contributed by atoms with Crippen LogP contribution in [0.2, 0.25) is 0 Å². The quantitative estimate of drug-likeness (QED) is 0.844. The minimum Gasteiger partial charge on any atom is -0.396 e. The molecule has 1 saturated heterocycles. The van der Waals surface area contributed by atoms with Crippen molar-refractivity contribution in [1.82, 2.24) is 5.32 Å². The van der Waals surface area contributed by atoms with E-state index in [1.165, 1.54) is 6.07 Å². The molecule has 2 rings (SSSR count). The molecule has 0 aromatic heterocycles. The number of aliphatic hydroxyl groups is 1. The molecular weight excluding hydrogens is 217 g/mol. The molecule has 1 aromatic rings. The topological polar surface area (TPSA) is 32.3 Å². The minimum atomic E-state index is -0.171. The van der Waals surface area contributed by atoms with Crippen LogP contribution < -0.4 is 5.32 Å². The van der Waals surface area contributed by atoms with Crippen molar-refractivity contribution in [1.29, 1.82) is 0 Å². The van der Waals surface area contributed by atoms with Crippen molar-refractivity contribution in [2.45, 2.75) is 25.7 Å². The molecule has 1 heterocycles. The van der Waals surface area contributed by atoms with E-state index in [0.717, 1.165) is 31.5 Å². The zero-order valence-electron chi connectivity index (χ0n) is 10.2. The number of hydrogen-bond donors (Lipinski definition) is 2. The first-order chi connectivity index (χ1) is 8.22. The molecule has 0 aliphatic carbocycles. The van der Waals surface area contributed by atoms with Crippen LogP contribution in [0.25, 0.3) is 0 Å². The fraction of sp³-hybridized carbons (Fsp3) is 0.571. The Kier molecular flexibility index (Phi) is 4.13. The molecular formula is C14H20FNO. The number of hydrogen-bond acceptors (Lipinski definition) is 2. The average Bonchev–Trinajstić information content (AvgIpc) is 2.36. The number of nitrogens with one attached hydrogen (secondary N) is 1. The Morgan fingerprint density at radius 1 is 1.41 bits per heavy atom. The molecule has 94 valence electrons. The van der Waals surface area contributed by atoms with Crippen molar-refractivity contribution in [3.05, 3.63) is 35.1 Å². The summed E-state index contributed by atoms with van der Waals surface area (Å²) in [6, 6.07) is 5.19. The van der Waals surface area contributed by atoms with E-state index in [1.807, 2.05) is 12.1 Å². The Morgan fingerprint density at radius 2 is 2.12 bits per heavy atom. The summed E-state index contributed by atoms with van der Waals surface area (Å²) in [6.07, 6.45) is 2.17. The van der Waals surface area contributed by atoms with Crippen molar-refractivity contribution < 1.29 is 9.50 Å². The van der Waals surface area contributed by atoms with Crippen molar-refractivity contribution in [2.75, 3.05) is 19.7 Å². The van der Waals surface area contributed by atoms with Gasteiger partial charge >= 0.3 is 0 Å². The molecule has 1 aliphatic heterocycles. The van der Waals surface area contributed by atoms with Gasteiger partial charge in [-0.3, -0.25) is 0 Å². The molecule has 0 bridgehead atoms. The van der Waals surface area contributed by atoms with E-state index in [0.29, 0.717) is 11.5 Å². The third-order valence-electron chi connectivity index (χ3n) is 3.76. The summed E-state index contributed by atoms with van der Waals surface area (Å²) in [5.41, 5.74) is 1.73. The Morgan fingerprint density at radius 3 is 2.71 bits per heavy atom. The van der Waals surface area contributed by atoms with Crippen LogP contribution in [0.3, 0.4) is 0 Å². The van der Waals surface area contributed by atoms with Crippen LogP contribution >= 0.6 is 0 Å². The van der Waals surface area contributed by atoms with Crippen LogP contribution in [0.4, 0.5) is 4.39 Å². The number of aliphatic hydroxyl groups excluding tert-OH is 1. The predicted molar refractivity (Wildman–Crippen MR) is 66.6 cm³/mol. The van der Waals surface area contributed by atoms with Crippen LogP contribution in [-0.4, -0.2) is 24.8 Å². The summed E-state index contributed by atoms with van der Waals surface area (Å²) >= 11 is 0. The Bertz CT molecular complexity index is 374. The van der Waals surface area contributed by atoms with Gasteiger partial charge in [0.1, 0.15) is 5.82 Å². The number of piperidine rings is 1. The first-order valence-corrected chi connectivity index (χ1v) is 6.30. The van der Waals surface area contributed by atoms with Crippen LogP contribution in [-0.2, 0) is 0 Å².